The number of nitrogens with zero attached hydrogens (tertiary/aromatic N) is 1. The fraction of sp³-hybridized carbons (Fsp3) is 0.111. The number of carbonyl (C=O) groups is 1. The third kappa shape index (κ3) is 4.36. The van der Waals surface area contributed by atoms with Crippen molar-refractivity contribution in [1.82, 2.24) is 5.43 Å². The van der Waals surface area contributed by atoms with Crippen molar-refractivity contribution in [1.29, 1.82) is 0 Å². The number of hydrazone groups is 1. The second-order valence-electron chi connectivity index (χ2n) is 5.37. The minimum Gasteiger partial charge on any atom is -0.503 e. The van der Waals surface area contributed by atoms with Crippen LogP contribution in [0.2, 0.25) is 0 Å². The average Bonchev–Trinajstić information content (AvgIpc) is 3.06. The molecule has 27 heavy (non-hydrogen) atoms. The lowest BCUT2D eigenvalue weighted by Crippen LogP contribution is -2.16. The molecule has 0 saturated carbocycles. The molecule has 0 bridgehead atoms. The van der Waals surface area contributed by atoms with Gasteiger partial charge < -0.3 is 14.3 Å². The van der Waals surface area contributed by atoms with E-state index in [-0.39, 0.29) is 11.5 Å². The summed E-state index contributed by atoms with van der Waals surface area (Å²) >= 11 is 10.0. The van der Waals surface area contributed by atoms with Crippen LogP contribution in [-0.2, 0) is 0 Å². The number of fused-ring (bicyclic) bond motifs is 1. The number of halogens is 3. The zero-order valence-corrected chi connectivity index (χ0v) is 18.7. The van der Waals surface area contributed by atoms with Gasteiger partial charge in [-0.2, -0.15) is 5.10 Å². The number of furan rings is 1. The van der Waals surface area contributed by atoms with Gasteiger partial charge in [0.15, 0.2) is 17.3 Å². The van der Waals surface area contributed by atoms with Gasteiger partial charge in [0.2, 0.25) is 0 Å². The van der Waals surface area contributed by atoms with Gasteiger partial charge in [0.05, 0.1) is 17.3 Å². The molecule has 0 spiro atoms. The number of phenolic OH excluding ortho intramolecular Hbond substituents is 1. The number of phenols is 1. The van der Waals surface area contributed by atoms with Crippen LogP contribution < -0.4 is 10.2 Å². The van der Waals surface area contributed by atoms with E-state index in [0.717, 1.165) is 9.86 Å². The number of benzene rings is 2. The SMILES string of the molecule is CCOc1cc(/C=N/NC(=O)c2cc3cc(Br)ccc3o2)c(Br)c(Br)c1O. The standard InChI is InChI=1S/C18H13Br3N2O4/c1-2-26-13-7-10(15(20)16(21)17(13)24)8-22-23-18(25)14-6-9-5-11(19)3-4-12(9)27-14/h3-8,24H,2H2,1H3,(H,23,25)/b22-8+. The summed E-state index contributed by atoms with van der Waals surface area (Å²) < 4.78 is 12.8. The number of nitrogens with one attached hydrogen (secondary N) is 1. The quantitative estimate of drug-likeness (QED) is 0.315. The highest BCUT2D eigenvalue weighted by Crippen LogP contribution is 2.41. The van der Waals surface area contributed by atoms with Gasteiger partial charge in [-0.1, -0.05) is 15.9 Å². The summed E-state index contributed by atoms with van der Waals surface area (Å²) in [7, 11) is 0. The minimum absolute atomic E-state index is 0.0154. The number of hydrogen-bond donors (Lipinski definition) is 2. The Balaban J connectivity index is 1.79. The first-order valence-corrected chi connectivity index (χ1v) is 10.1. The van der Waals surface area contributed by atoms with Crippen LogP contribution in [0.5, 0.6) is 11.5 Å². The van der Waals surface area contributed by atoms with Crippen molar-refractivity contribution in [3.63, 3.8) is 0 Å². The lowest BCUT2D eigenvalue weighted by atomic mass is 10.2. The summed E-state index contributed by atoms with van der Waals surface area (Å²) in [5.41, 5.74) is 3.64. The smallest absolute Gasteiger partial charge is 0.307 e. The van der Waals surface area contributed by atoms with Gasteiger partial charge in [-0.25, -0.2) is 5.43 Å². The Morgan fingerprint density at radius 2 is 2.04 bits per heavy atom. The van der Waals surface area contributed by atoms with Crippen molar-refractivity contribution in [2.45, 2.75) is 6.92 Å². The molecule has 9 heteroatoms. The maximum Gasteiger partial charge on any atom is 0.307 e. The van der Waals surface area contributed by atoms with E-state index < -0.39 is 5.91 Å². The van der Waals surface area contributed by atoms with Crippen LogP contribution in [-0.4, -0.2) is 23.8 Å². The monoisotopic (exact) mass is 558 g/mol. The van der Waals surface area contributed by atoms with E-state index in [1.165, 1.54) is 6.21 Å². The minimum atomic E-state index is -0.474. The highest BCUT2D eigenvalue weighted by Gasteiger charge is 2.15. The Labute approximate surface area is 180 Å². The van der Waals surface area contributed by atoms with Crippen molar-refractivity contribution in [3.05, 3.63) is 55.1 Å². The molecule has 0 radical (unpaired) electrons. The molecule has 0 aliphatic carbocycles. The van der Waals surface area contributed by atoms with Gasteiger partial charge in [-0.15, -0.1) is 0 Å². The van der Waals surface area contributed by atoms with Crippen LogP contribution in [0.4, 0.5) is 0 Å². The topological polar surface area (TPSA) is 84.1 Å². The number of amides is 1. The van der Waals surface area contributed by atoms with E-state index >= 15 is 0 Å². The van der Waals surface area contributed by atoms with E-state index in [1.807, 2.05) is 19.1 Å². The zero-order valence-electron chi connectivity index (χ0n) is 13.9. The van der Waals surface area contributed by atoms with Crippen molar-refractivity contribution in [2.75, 3.05) is 6.61 Å². The Bertz CT molecular complexity index is 1050. The Morgan fingerprint density at radius 1 is 1.26 bits per heavy atom. The van der Waals surface area contributed by atoms with E-state index in [0.29, 0.717) is 32.4 Å². The molecule has 1 amide bonds. The van der Waals surface area contributed by atoms with Gasteiger partial charge in [0.1, 0.15) is 5.58 Å². The van der Waals surface area contributed by atoms with E-state index in [2.05, 4.69) is 58.3 Å². The maximum absolute atomic E-state index is 12.2. The van der Waals surface area contributed by atoms with Gasteiger partial charge in [0.25, 0.3) is 0 Å². The summed E-state index contributed by atoms with van der Waals surface area (Å²) in [5, 5.41) is 14.8. The van der Waals surface area contributed by atoms with Crippen molar-refractivity contribution in [3.8, 4) is 11.5 Å². The van der Waals surface area contributed by atoms with Crippen LogP contribution in [0.25, 0.3) is 11.0 Å². The molecule has 0 saturated heterocycles. The van der Waals surface area contributed by atoms with Gasteiger partial charge in [-0.05, 0) is 69.1 Å². The first-order chi connectivity index (χ1) is 12.9. The number of hydrogen-bond acceptors (Lipinski definition) is 5. The summed E-state index contributed by atoms with van der Waals surface area (Å²) in [4.78, 5) is 12.2. The second kappa shape index (κ2) is 8.45. The van der Waals surface area contributed by atoms with E-state index in [4.69, 9.17) is 9.15 Å². The molecule has 3 aromatic rings. The molecule has 6 nitrogen and oxygen atoms in total. The van der Waals surface area contributed by atoms with Crippen LogP contribution in [0.1, 0.15) is 23.0 Å². The largest absolute Gasteiger partial charge is 0.503 e. The molecule has 1 heterocycles. The number of aromatic hydroxyl groups is 1. The van der Waals surface area contributed by atoms with Crippen LogP contribution in [0.3, 0.4) is 0 Å². The molecule has 1 aromatic heterocycles. The highest BCUT2D eigenvalue weighted by molar-refractivity contribution is 9.13. The predicted molar refractivity (Wildman–Crippen MR) is 114 cm³/mol. The summed E-state index contributed by atoms with van der Waals surface area (Å²) in [6, 6.07) is 8.73. The molecule has 0 atom stereocenters. The number of rotatable bonds is 5. The van der Waals surface area contributed by atoms with Crippen LogP contribution in [0.15, 0.2) is 53.3 Å². The lowest BCUT2D eigenvalue weighted by Gasteiger charge is -2.10. The molecule has 2 aromatic carbocycles. The van der Waals surface area contributed by atoms with Gasteiger partial charge in [0, 0.05) is 19.9 Å². The summed E-state index contributed by atoms with van der Waals surface area (Å²) in [6.07, 6.45) is 1.44. The number of carbonyl (C=O) groups excluding carboxylic acids is 1. The second-order valence-corrected chi connectivity index (χ2v) is 7.87. The fourth-order valence-corrected chi connectivity index (χ4v) is 3.52. The number of ether oxygens (including phenoxy) is 1. The van der Waals surface area contributed by atoms with Crippen LogP contribution in [0, 0.1) is 0 Å². The predicted octanol–water partition coefficient (Wildman–Crippen LogP) is 5.59. The molecule has 3 rings (SSSR count). The zero-order chi connectivity index (χ0) is 19.6. The highest BCUT2D eigenvalue weighted by atomic mass is 79.9. The molecule has 2 N–H and O–H groups in total. The molecule has 140 valence electrons. The molecule has 0 aliphatic rings. The summed E-state index contributed by atoms with van der Waals surface area (Å²) in [5.74, 6) is -0.0275. The van der Waals surface area contributed by atoms with Gasteiger partial charge >= 0.3 is 5.91 Å². The van der Waals surface area contributed by atoms with Crippen molar-refractivity contribution in [2.24, 2.45) is 5.10 Å². The van der Waals surface area contributed by atoms with Crippen LogP contribution >= 0.6 is 47.8 Å². The lowest BCUT2D eigenvalue weighted by molar-refractivity contribution is 0.0929. The van der Waals surface area contributed by atoms with E-state index in [1.54, 1.807) is 18.2 Å². The maximum atomic E-state index is 12.2. The molecular formula is C18H13Br3N2O4. The van der Waals surface area contributed by atoms with Crippen molar-refractivity contribution < 1.29 is 19.1 Å². The fourth-order valence-electron chi connectivity index (χ4n) is 2.31. The van der Waals surface area contributed by atoms with E-state index in [9.17, 15) is 9.90 Å². The molecule has 0 unspecified atom stereocenters. The third-order valence-corrected chi connectivity index (χ3v) is 6.20. The molecule has 0 fully saturated rings. The Morgan fingerprint density at radius 3 is 2.78 bits per heavy atom. The first kappa shape index (κ1) is 19.9. The van der Waals surface area contributed by atoms with Crippen molar-refractivity contribution >= 4 is 70.9 Å². The average molecular weight is 561 g/mol. The third-order valence-electron chi connectivity index (χ3n) is 3.55. The first-order valence-electron chi connectivity index (χ1n) is 7.77. The summed E-state index contributed by atoms with van der Waals surface area (Å²) in [6.45, 7) is 2.21. The Kier molecular flexibility index (Phi) is 6.23. The molecule has 0 aliphatic heterocycles. The Hall–Kier alpha value is -1.84. The molecular weight excluding hydrogens is 548 g/mol. The van der Waals surface area contributed by atoms with Gasteiger partial charge in [-0.3, -0.25) is 4.79 Å². The normalized spacial score (nSPS) is 11.3.